The lowest BCUT2D eigenvalue weighted by Crippen LogP contribution is -2.39. The third-order valence-corrected chi connectivity index (χ3v) is 2.92. The maximum Gasteiger partial charge on any atom is 0.267 e. The van der Waals surface area contributed by atoms with Crippen LogP contribution in [0.5, 0.6) is 0 Å². The summed E-state index contributed by atoms with van der Waals surface area (Å²) in [4.78, 5) is 14.1. The van der Waals surface area contributed by atoms with Crippen molar-refractivity contribution in [2.45, 2.75) is 20.3 Å². The highest BCUT2D eigenvalue weighted by molar-refractivity contribution is 7.07. The lowest BCUT2D eigenvalue weighted by Gasteiger charge is -2.20. The van der Waals surface area contributed by atoms with E-state index in [0.717, 1.165) is 18.0 Å². The van der Waals surface area contributed by atoms with E-state index in [0.29, 0.717) is 17.1 Å². The van der Waals surface area contributed by atoms with Crippen molar-refractivity contribution < 1.29 is 10.0 Å². The molecule has 1 amide bonds. The Labute approximate surface area is 103 Å². The van der Waals surface area contributed by atoms with Crippen molar-refractivity contribution in [2.24, 2.45) is 10.9 Å². The molecule has 1 rings (SSSR count). The minimum absolute atomic E-state index is 0.00178. The first kappa shape index (κ1) is 13.4. The Bertz CT molecular complexity index is 417. The monoisotopic (exact) mass is 257 g/mol. The molecule has 0 unspecified atom stereocenters. The fourth-order valence-corrected chi connectivity index (χ4v) is 1.95. The van der Waals surface area contributed by atoms with Gasteiger partial charge in [-0.1, -0.05) is 16.6 Å². The van der Waals surface area contributed by atoms with E-state index in [1.165, 1.54) is 4.90 Å². The third kappa shape index (κ3) is 3.38. The van der Waals surface area contributed by atoms with Crippen LogP contribution in [-0.2, 0) is 0 Å². The standard InChI is InChI=1S/C9H15N5O2S/c1-3-4-14(5-7(10)12-16)9(15)8-6(2)11-13-17-8/h16H,3-5H2,1-2H3,(H2,10,12). The number of nitrogens with two attached hydrogens (primary N) is 1. The Hall–Kier alpha value is -1.70. The Morgan fingerprint density at radius 1 is 1.65 bits per heavy atom. The molecule has 1 heterocycles. The van der Waals surface area contributed by atoms with Crippen LogP contribution in [0.1, 0.15) is 28.7 Å². The summed E-state index contributed by atoms with van der Waals surface area (Å²) in [5.74, 6) is -0.187. The number of carbonyl (C=O) groups is 1. The van der Waals surface area contributed by atoms with Gasteiger partial charge in [-0.05, 0) is 24.9 Å². The lowest BCUT2D eigenvalue weighted by atomic mass is 10.3. The number of amides is 1. The maximum absolute atomic E-state index is 12.1. The number of rotatable bonds is 5. The first-order chi connectivity index (χ1) is 8.10. The van der Waals surface area contributed by atoms with Gasteiger partial charge in [0, 0.05) is 6.54 Å². The summed E-state index contributed by atoms with van der Waals surface area (Å²) in [6.07, 6.45) is 0.787. The van der Waals surface area contributed by atoms with Gasteiger partial charge in [0.25, 0.3) is 5.91 Å². The first-order valence-corrected chi connectivity index (χ1v) is 5.92. The van der Waals surface area contributed by atoms with Crippen molar-refractivity contribution in [3.63, 3.8) is 0 Å². The zero-order valence-electron chi connectivity index (χ0n) is 9.75. The molecule has 1 aromatic rings. The molecule has 0 aromatic carbocycles. The van der Waals surface area contributed by atoms with Gasteiger partial charge in [-0.3, -0.25) is 4.79 Å². The molecule has 94 valence electrons. The van der Waals surface area contributed by atoms with Gasteiger partial charge in [0.05, 0.1) is 12.2 Å². The summed E-state index contributed by atoms with van der Waals surface area (Å²) < 4.78 is 3.72. The van der Waals surface area contributed by atoms with Crippen molar-refractivity contribution in [3.8, 4) is 0 Å². The normalized spacial score (nSPS) is 11.5. The second-order valence-corrected chi connectivity index (χ2v) is 4.26. The number of aryl methyl sites for hydroxylation is 1. The summed E-state index contributed by atoms with van der Waals surface area (Å²) in [5, 5.41) is 15.2. The van der Waals surface area contributed by atoms with E-state index in [1.54, 1.807) is 6.92 Å². The van der Waals surface area contributed by atoms with Crippen LogP contribution in [0.3, 0.4) is 0 Å². The van der Waals surface area contributed by atoms with Crippen molar-refractivity contribution in [1.82, 2.24) is 14.5 Å². The molecule has 3 N–H and O–H groups in total. The van der Waals surface area contributed by atoms with Crippen LogP contribution in [0, 0.1) is 6.92 Å². The molecule has 0 bridgehead atoms. The van der Waals surface area contributed by atoms with Crippen LogP contribution < -0.4 is 5.73 Å². The fraction of sp³-hybridized carbons (Fsp3) is 0.556. The number of oxime groups is 1. The summed E-state index contributed by atoms with van der Waals surface area (Å²) in [6, 6.07) is 0. The van der Waals surface area contributed by atoms with Gasteiger partial charge >= 0.3 is 0 Å². The number of hydrogen-bond acceptors (Lipinski definition) is 6. The minimum Gasteiger partial charge on any atom is -0.409 e. The van der Waals surface area contributed by atoms with Crippen LogP contribution in [0.15, 0.2) is 5.16 Å². The molecule has 8 heteroatoms. The predicted molar refractivity (Wildman–Crippen MR) is 64.2 cm³/mol. The zero-order chi connectivity index (χ0) is 12.8. The van der Waals surface area contributed by atoms with Crippen LogP contribution in [-0.4, -0.2) is 44.5 Å². The van der Waals surface area contributed by atoms with E-state index < -0.39 is 0 Å². The van der Waals surface area contributed by atoms with E-state index in [1.807, 2.05) is 6.92 Å². The molecule has 7 nitrogen and oxygen atoms in total. The highest BCUT2D eigenvalue weighted by atomic mass is 32.1. The number of aromatic nitrogens is 2. The van der Waals surface area contributed by atoms with Crippen molar-refractivity contribution in [2.75, 3.05) is 13.1 Å². The molecule has 0 fully saturated rings. The second kappa shape index (κ2) is 6.14. The van der Waals surface area contributed by atoms with Gasteiger partial charge in [0.15, 0.2) is 5.84 Å². The molecular weight excluding hydrogens is 242 g/mol. The van der Waals surface area contributed by atoms with Crippen molar-refractivity contribution in [3.05, 3.63) is 10.6 Å². The van der Waals surface area contributed by atoms with Gasteiger partial charge in [-0.25, -0.2) is 0 Å². The van der Waals surface area contributed by atoms with E-state index in [-0.39, 0.29) is 18.3 Å². The largest absolute Gasteiger partial charge is 0.409 e. The highest BCUT2D eigenvalue weighted by Gasteiger charge is 2.20. The maximum atomic E-state index is 12.1. The van der Waals surface area contributed by atoms with E-state index in [9.17, 15) is 4.79 Å². The summed E-state index contributed by atoms with van der Waals surface area (Å²) >= 11 is 1.05. The molecule has 0 radical (unpaired) electrons. The van der Waals surface area contributed by atoms with E-state index in [2.05, 4.69) is 14.7 Å². The fourth-order valence-electron chi connectivity index (χ4n) is 1.32. The molecule has 17 heavy (non-hydrogen) atoms. The molecule has 0 aliphatic carbocycles. The number of carbonyl (C=O) groups excluding carboxylic acids is 1. The number of hydrogen-bond donors (Lipinski definition) is 2. The van der Waals surface area contributed by atoms with E-state index >= 15 is 0 Å². The quantitative estimate of drug-likeness (QED) is 0.345. The molecule has 1 aromatic heterocycles. The zero-order valence-corrected chi connectivity index (χ0v) is 10.6. The van der Waals surface area contributed by atoms with E-state index in [4.69, 9.17) is 10.9 Å². The van der Waals surface area contributed by atoms with Gasteiger partial charge in [0.1, 0.15) is 4.88 Å². The molecule has 0 saturated heterocycles. The third-order valence-electron chi connectivity index (χ3n) is 2.11. The van der Waals surface area contributed by atoms with Gasteiger partial charge in [0.2, 0.25) is 0 Å². The second-order valence-electron chi connectivity index (χ2n) is 3.51. The smallest absolute Gasteiger partial charge is 0.267 e. The Balaban J connectivity index is 2.84. The lowest BCUT2D eigenvalue weighted by molar-refractivity contribution is 0.0782. The molecule has 0 spiro atoms. The molecular formula is C9H15N5O2S. The van der Waals surface area contributed by atoms with Crippen molar-refractivity contribution >= 4 is 23.3 Å². The molecule has 0 saturated carbocycles. The highest BCUT2D eigenvalue weighted by Crippen LogP contribution is 2.12. The van der Waals surface area contributed by atoms with Gasteiger partial charge in [-0.15, -0.1) is 5.10 Å². The minimum atomic E-state index is -0.189. The van der Waals surface area contributed by atoms with Gasteiger partial charge < -0.3 is 15.8 Å². The molecule has 0 aliphatic heterocycles. The Morgan fingerprint density at radius 3 is 2.82 bits per heavy atom. The van der Waals surface area contributed by atoms with Crippen LogP contribution in [0.25, 0.3) is 0 Å². The van der Waals surface area contributed by atoms with Crippen LogP contribution >= 0.6 is 11.5 Å². The summed E-state index contributed by atoms with van der Waals surface area (Å²) in [6.45, 7) is 4.31. The van der Waals surface area contributed by atoms with Crippen LogP contribution in [0.4, 0.5) is 0 Å². The SMILES string of the molecule is CCCN(CC(N)=NO)C(=O)c1snnc1C. The number of amidine groups is 1. The predicted octanol–water partition coefficient (Wildman–Crippen LogP) is 0.445. The number of nitrogens with zero attached hydrogens (tertiary/aromatic N) is 4. The first-order valence-electron chi connectivity index (χ1n) is 5.14. The van der Waals surface area contributed by atoms with Gasteiger partial charge in [-0.2, -0.15) is 0 Å². The Morgan fingerprint density at radius 2 is 2.35 bits per heavy atom. The molecule has 0 atom stereocenters. The van der Waals surface area contributed by atoms with Crippen molar-refractivity contribution in [1.29, 1.82) is 0 Å². The topological polar surface area (TPSA) is 105 Å². The Kier molecular flexibility index (Phi) is 4.83. The average Bonchev–Trinajstić information content (AvgIpc) is 2.73. The summed E-state index contributed by atoms with van der Waals surface area (Å²) in [7, 11) is 0. The molecule has 0 aliphatic rings. The average molecular weight is 257 g/mol. The summed E-state index contributed by atoms with van der Waals surface area (Å²) in [5.41, 5.74) is 6.01. The van der Waals surface area contributed by atoms with Crippen LogP contribution in [0.2, 0.25) is 0 Å².